The van der Waals surface area contributed by atoms with E-state index < -0.39 is 0 Å². The highest BCUT2D eigenvalue weighted by Crippen LogP contribution is 2.24. The Morgan fingerprint density at radius 3 is 2.65 bits per heavy atom. The Bertz CT molecular complexity index is 886. The Morgan fingerprint density at radius 1 is 1.12 bits per heavy atom. The molecule has 2 N–H and O–H groups in total. The number of carbonyl (C=O) groups excluding carboxylic acids is 1. The molecule has 2 heterocycles. The van der Waals surface area contributed by atoms with Crippen molar-refractivity contribution in [3.63, 3.8) is 0 Å². The molecule has 1 aliphatic rings. The fourth-order valence-corrected chi connectivity index (χ4v) is 4.63. The van der Waals surface area contributed by atoms with Crippen LogP contribution in [-0.4, -0.2) is 12.5 Å². The molecule has 1 aromatic heterocycles. The summed E-state index contributed by atoms with van der Waals surface area (Å²) in [4.78, 5) is 15.5. The Labute approximate surface area is 158 Å². The maximum Gasteiger partial charge on any atom is 0.255 e. The second kappa shape index (κ2) is 7.44. The molecule has 0 fully saturated rings. The van der Waals surface area contributed by atoms with Crippen LogP contribution in [0.1, 0.15) is 39.3 Å². The highest BCUT2D eigenvalue weighted by Gasteiger charge is 2.28. The second-order valence-electron chi connectivity index (χ2n) is 6.87. The molecule has 1 unspecified atom stereocenters. The first-order valence-electron chi connectivity index (χ1n) is 9.07. The molecule has 2 atom stereocenters. The predicted molar refractivity (Wildman–Crippen MR) is 107 cm³/mol. The molecular weight excluding hydrogens is 340 g/mol. The molecule has 2 aromatic carbocycles. The van der Waals surface area contributed by atoms with Crippen LogP contribution in [0.15, 0.2) is 66.0 Å². The molecule has 0 saturated carbocycles. The smallest absolute Gasteiger partial charge is 0.255 e. The first-order chi connectivity index (χ1) is 12.7. The lowest BCUT2D eigenvalue weighted by molar-refractivity contribution is -0.945. The highest BCUT2D eigenvalue weighted by molar-refractivity contribution is 7.10. The fourth-order valence-electron chi connectivity index (χ4n) is 3.65. The number of hydrogen-bond donors (Lipinski definition) is 2. The van der Waals surface area contributed by atoms with Crippen molar-refractivity contribution in [2.75, 3.05) is 11.9 Å². The van der Waals surface area contributed by atoms with Crippen molar-refractivity contribution < 1.29 is 9.69 Å². The largest absolute Gasteiger partial charge is 0.325 e. The minimum atomic E-state index is -0.0654. The first kappa shape index (κ1) is 17.0. The van der Waals surface area contributed by atoms with Gasteiger partial charge in [0.15, 0.2) is 0 Å². The minimum Gasteiger partial charge on any atom is -0.325 e. The van der Waals surface area contributed by atoms with E-state index in [4.69, 9.17) is 0 Å². The summed E-state index contributed by atoms with van der Waals surface area (Å²) in [5, 5.41) is 5.14. The zero-order valence-corrected chi connectivity index (χ0v) is 15.7. The number of nitrogens with one attached hydrogen (secondary N) is 2. The van der Waals surface area contributed by atoms with Crippen molar-refractivity contribution in [2.45, 2.75) is 25.9 Å². The topological polar surface area (TPSA) is 33.5 Å². The Morgan fingerprint density at radius 2 is 1.88 bits per heavy atom. The van der Waals surface area contributed by atoms with Crippen LogP contribution in [0, 0.1) is 0 Å². The van der Waals surface area contributed by atoms with Crippen LogP contribution >= 0.6 is 11.3 Å². The molecule has 3 nitrogen and oxygen atoms in total. The number of hydrogen-bond acceptors (Lipinski definition) is 2. The summed E-state index contributed by atoms with van der Waals surface area (Å²) in [5.74, 6) is -0.0654. The monoisotopic (exact) mass is 363 g/mol. The lowest BCUT2D eigenvalue weighted by Crippen LogP contribution is -3.11. The second-order valence-corrected chi connectivity index (χ2v) is 7.87. The van der Waals surface area contributed by atoms with Gasteiger partial charge in [-0.15, -0.1) is 11.3 Å². The van der Waals surface area contributed by atoms with Gasteiger partial charge in [0.1, 0.15) is 12.6 Å². The van der Waals surface area contributed by atoms with Gasteiger partial charge in [-0.05, 0) is 42.6 Å². The average molecular weight is 364 g/mol. The fraction of sp³-hybridized carbons (Fsp3) is 0.227. The number of rotatable bonds is 4. The predicted octanol–water partition coefficient (Wildman–Crippen LogP) is 3.70. The third kappa shape index (κ3) is 3.57. The molecule has 132 valence electrons. The van der Waals surface area contributed by atoms with E-state index in [0.717, 1.165) is 12.2 Å². The lowest BCUT2D eigenvalue weighted by Gasteiger charge is -2.30. The zero-order chi connectivity index (χ0) is 17.9. The van der Waals surface area contributed by atoms with Gasteiger partial charge in [0.05, 0.1) is 6.54 Å². The van der Waals surface area contributed by atoms with Crippen molar-refractivity contribution in [3.8, 4) is 0 Å². The summed E-state index contributed by atoms with van der Waals surface area (Å²) >= 11 is 1.89. The van der Waals surface area contributed by atoms with Gasteiger partial charge in [-0.1, -0.05) is 30.3 Å². The quantitative estimate of drug-likeness (QED) is 0.728. The summed E-state index contributed by atoms with van der Waals surface area (Å²) in [6.45, 7) is 4.49. The molecule has 26 heavy (non-hydrogen) atoms. The first-order valence-corrected chi connectivity index (χ1v) is 9.95. The number of anilines is 1. The maximum atomic E-state index is 12.4. The summed E-state index contributed by atoms with van der Waals surface area (Å²) in [7, 11) is 0. The molecule has 4 heteroatoms. The van der Waals surface area contributed by atoms with Crippen LogP contribution in [0.3, 0.4) is 0 Å². The minimum absolute atomic E-state index is 0.0654. The molecule has 0 spiro atoms. The van der Waals surface area contributed by atoms with Gasteiger partial charge in [0.2, 0.25) is 0 Å². The number of para-hydroxylation sites is 1. The highest BCUT2D eigenvalue weighted by atomic mass is 32.1. The van der Waals surface area contributed by atoms with Crippen LogP contribution in [-0.2, 0) is 13.0 Å². The van der Waals surface area contributed by atoms with E-state index in [2.05, 4.69) is 35.8 Å². The van der Waals surface area contributed by atoms with E-state index in [-0.39, 0.29) is 5.91 Å². The molecule has 0 aliphatic carbocycles. The summed E-state index contributed by atoms with van der Waals surface area (Å²) in [6, 6.07) is 20.4. The summed E-state index contributed by atoms with van der Waals surface area (Å²) in [5.41, 5.74) is 4.30. The SMILES string of the molecule is C[C@@H]1c2ccsc2CC[NH+]1Cc1ccc(C(=O)Nc2ccccc2)cc1. The van der Waals surface area contributed by atoms with Crippen LogP contribution in [0.25, 0.3) is 0 Å². The molecule has 0 bridgehead atoms. The standard InChI is InChI=1S/C22H22N2OS/c1-16-20-12-14-26-21(20)11-13-24(16)15-17-7-9-18(10-8-17)22(25)23-19-5-3-2-4-6-19/h2-10,12,14,16H,11,13,15H2,1H3,(H,23,25)/p+1/t16-/m1/s1. The third-order valence-corrected chi connectivity index (χ3v) is 6.21. The molecule has 1 aliphatic heterocycles. The molecule has 0 saturated heterocycles. The van der Waals surface area contributed by atoms with Gasteiger partial charge in [-0.2, -0.15) is 0 Å². The number of carbonyl (C=O) groups is 1. The van der Waals surface area contributed by atoms with E-state index in [1.807, 2.05) is 53.8 Å². The van der Waals surface area contributed by atoms with Gasteiger partial charge in [0.25, 0.3) is 5.91 Å². The Hall–Kier alpha value is -2.43. The van der Waals surface area contributed by atoms with E-state index >= 15 is 0 Å². The average Bonchev–Trinajstić information content (AvgIpc) is 3.15. The van der Waals surface area contributed by atoms with E-state index in [0.29, 0.717) is 11.6 Å². The van der Waals surface area contributed by atoms with Crippen molar-refractivity contribution in [3.05, 3.63) is 87.6 Å². The Balaban J connectivity index is 1.41. The van der Waals surface area contributed by atoms with Gasteiger partial charge in [-0.3, -0.25) is 4.79 Å². The molecule has 1 amide bonds. The van der Waals surface area contributed by atoms with Gasteiger partial charge < -0.3 is 10.2 Å². The van der Waals surface area contributed by atoms with E-state index in [1.165, 1.54) is 24.1 Å². The van der Waals surface area contributed by atoms with Gasteiger partial charge in [0, 0.05) is 33.7 Å². The normalized spacial score (nSPS) is 19.0. The van der Waals surface area contributed by atoms with E-state index in [9.17, 15) is 4.79 Å². The molecule has 4 rings (SSSR count). The van der Waals surface area contributed by atoms with Gasteiger partial charge in [-0.25, -0.2) is 0 Å². The lowest BCUT2D eigenvalue weighted by atomic mass is 10.0. The third-order valence-electron chi connectivity index (χ3n) is 5.21. The van der Waals surface area contributed by atoms with Crippen LogP contribution in [0.5, 0.6) is 0 Å². The number of quaternary nitrogens is 1. The summed E-state index contributed by atoms with van der Waals surface area (Å²) in [6.07, 6.45) is 1.17. The molecule has 0 radical (unpaired) electrons. The van der Waals surface area contributed by atoms with Crippen LogP contribution in [0.4, 0.5) is 5.69 Å². The maximum absolute atomic E-state index is 12.4. The molecule has 3 aromatic rings. The Kier molecular flexibility index (Phi) is 4.87. The van der Waals surface area contributed by atoms with Crippen molar-refractivity contribution in [1.29, 1.82) is 0 Å². The van der Waals surface area contributed by atoms with Crippen molar-refractivity contribution in [1.82, 2.24) is 0 Å². The van der Waals surface area contributed by atoms with Crippen LogP contribution in [0.2, 0.25) is 0 Å². The van der Waals surface area contributed by atoms with E-state index in [1.54, 1.807) is 9.78 Å². The van der Waals surface area contributed by atoms with Crippen molar-refractivity contribution >= 4 is 22.9 Å². The number of fused-ring (bicyclic) bond motifs is 1. The molecular formula is C22H23N2OS+. The zero-order valence-electron chi connectivity index (χ0n) is 14.9. The summed E-state index contributed by atoms with van der Waals surface area (Å²) < 4.78 is 0. The number of benzene rings is 2. The van der Waals surface area contributed by atoms with Crippen molar-refractivity contribution in [2.24, 2.45) is 0 Å². The van der Waals surface area contributed by atoms with Crippen LogP contribution < -0.4 is 10.2 Å². The number of amides is 1. The number of thiophene rings is 1. The van der Waals surface area contributed by atoms with Gasteiger partial charge >= 0.3 is 0 Å².